The van der Waals surface area contributed by atoms with Crippen LogP contribution in [0.3, 0.4) is 0 Å². The summed E-state index contributed by atoms with van der Waals surface area (Å²) in [5, 5.41) is 12.2. The second-order valence-corrected chi connectivity index (χ2v) is 14.4. The first kappa shape index (κ1) is 44.1. The molecule has 4 heterocycles. The molecule has 2 aliphatic rings. The van der Waals surface area contributed by atoms with Crippen LogP contribution in [0.1, 0.15) is 35.2 Å². The number of anilines is 3. The Morgan fingerprint density at radius 3 is 2.32 bits per heavy atom. The third-order valence-electron chi connectivity index (χ3n) is 10.1. The van der Waals surface area contributed by atoms with E-state index < -0.39 is 23.8 Å². The number of hydrogen-bond acceptors (Lipinski definition) is 13. The second kappa shape index (κ2) is 21.7. The van der Waals surface area contributed by atoms with Crippen molar-refractivity contribution in [3.8, 4) is 17.0 Å². The minimum Gasteiger partial charge on any atom is -0.483 e. The molecule has 0 radical (unpaired) electrons. The number of aromatic nitrogens is 3. The van der Waals surface area contributed by atoms with Gasteiger partial charge >= 0.3 is 0 Å². The monoisotopic (exact) mass is 860 g/mol. The highest BCUT2D eigenvalue weighted by molar-refractivity contribution is 6.14. The number of piperidine rings is 1. The molecule has 2 aliphatic heterocycles. The first-order chi connectivity index (χ1) is 30.7. The number of nitrogens with zero attached hydrogens (tertiary/aromatic N) is 3. The van der Waals surface area contributed by atoms with E-state index in [-0.39, 0.29) is 68.8 Å². The van der Waals surface area contributed by atoms with Gasteiger partial charge in [0.15, 0.2) is 6.61 Å². The molecule has 5 amide bonds. The number of imide groups is 1. The van der Waals surface area contributed by atoms with Crippen molar-refractivity contribution in [2.45, 2.75) is 25.3 Å². The van der Waals surface area contributed by atoms with Gasteiger partial charge in [-0.05, 0) is 36.8 Å². The van der Waals surface area contributed by atoms with Crippen LogP contribution in [0.5, 0.6) is 5.75 Å². The Labute approximate surface area is 362 Å². The number of carbonyl (C=O) groups is 5. The van der Waals surface area contributed by atoms with E-state index >= 15 is 0 Å². The van der Waals surface area contributed by atoms with E-state index in [0.29, 0.717) is 62.4 Å². The number of carbonyl (C=O) groups excluding carboxylic acids is 5. The first-order valence-electron chi connectivity index (χ1n) is 20.5. The molecular weight excluding hydrogens is 813 g/mol. The van der Waals surface area contributed by atoms with Crippen molar-refractivity contribution in [2.24, 2.45) is 0 Å². The Morgan fingerprint density at radius 2 is 1.52 bits per heavy atom. The van der Waals surface area contributed by atoms with Gasteiger partial charge in [-0.1, -0.05) is 43.0 Å². The van der Waals surface area contributed by atoms with Gasteiger partial charge in [0.1, 0.15) is 23.9 Å². The van der Waals surface area contributed by atoms with E-state index in [9.17, 15) is 24.0 Å². The summed E-state index contributed by atoms with van der Waals surface area (Å²) in [6.45, 7) is 6.44. The number of nitrogens with one attached hydrogen (secondary N) is 5. The molecule has 7 rings (SSSR count). The van der Waals surface area contributed by atoms with Crippen LogP contribution in [0, 0.1) is 0 Å². The van der Waals surface area contributed by atoms with E-state index in [1.807, 2.05) is 60.8 Å². The fourth-order valence-electron chi connectivity index (χ4n) is 7.03. The Kier molecular flexibility index (Phi) is 15.2. The smallest absolute Gasteiger partial charge is 0.263 e. The number of H-pyrrole nitrogens is 1. The highest BCUT2D eigenvalue weighted by atomic mass is 16.6. The number of aromatic amines is 1. The average molecular weight is 861 g/mol. The van der Waals surface area contributed by atoms with Crippen LogP contribution >= 0.6 is 0 Å². The summed E-state index contributed by atoms with van der Waals surface area (Å²) in [5.74, 6) is -1.18. The van der Waals surface area contributed by atoms with E-state index in [1.165, 1.54) is 11.2 Å². The molecule has 0 aliphatic carbocycles. The lowest BCUT2D eigenvalue weighted by molar-refractivity contribution is -0.136. The largest absolute Gasteiger partial charge is 0.483 e. The number of hydrogen-bond donors (Lipinski definition) is 5. The Bertz CT molecular complexity index is 2460. The van der Waals surface area contributed by atoms with Gasteiger partial charge in [0, 0.05) is 64.3 Å². The number of rotatable bonds is 23. The number of amides is 5. The number of para-hydroxylation sites is 1. The predicted molar refractivity (Wildman–Crippen MR) is 232 cm³/mol. The highest BCUT2D eigenvalue weighted by Gasteiger charge is 2.43. The maximum absolute atomic E-state index is 13.3. The zero-order chi connectivity index (χ0) is 44.0. The van der Waals surface area contributed by atoms with Gasteiger partial charge < -0.3 is 44.6 Å². The van der Waals surface area contributed by atoms with Crippen LogP contribution in [-0.4, -0.2) is 121 Å². The minimum atomic E-state index is -0.859. The fraction of sp³-hybridized carbons (Fsp3) is 0.311. The zero-order valence-corrected chi connectivity index (χ0v) is 34.5. The van der Waals surface area contributed by atoms with E-state index in [0.717, 1.165) is 27.8 Å². The molecule has 5 N–H and O–H groups in total. The molecule has 1 fully saturated rings. The van der Waals surface area contributed by atoms with Gasteiger partial charge in [-0.2, -0.15) is 0 Å². The Hall–Kier alpha value is -6.99. The average Bonchev–Trinajstić information content (AvgIpc) is 3.82. The van der Waals surface area contributed by atoms with Crippen LogP contribution < -0.4 is 26.0 Å². The molecule has 1 saturated heterocycles. The summed E-state index contributed by atoms with van der Waals surface area (Å²) < 4.78 is 27.8. The Balaban J connectivity index is 0.682. The van der Waals surface area contributed by atoms with Crippen molar-refractivity contribution in [1.82, 2.24) is 30.5 Å². The summed E-state index contributed by atoms with van der Waals surface area (Å²) >= 11 is 0. The van der Waals surface area contributed by atoms with E-state index in [4.69, 9.17) is 23.7 Å². The maximum Gasteiger partial charge on any atom is 0.263 e. The molecule has 0 spiro atoms. The highest BCUT2D eigenvalue weighted by Crippen LogP contribution is 2.39. The molecule has 18 heteroatoms. The van der Waals surface area contributed by atoms with Gasteiger partial charge in [-0.25, -0.2) is 9.97 Å². The molecule has 63 heavy (non-hydrogen) atoms. The molecule has 5 aromatic rings. The molecule has 1 unspecified atom stereocenters. The molecule has 2 aromatic heterocycles. The Morgan fingerprint density at radius 1 is 0.794 bits per heavy atom. The van der Waals surface area contributed by atoms with Gasteiger partial charge in [-0.15, -0.1) is 0 Å². The molecular formula is C45H48N8O10. The lowest BCUT2D eigenvalue weighted by Crippen LogP contribution is -2.52. The molecule has 1 atom stereocenters. The van der Waals surface area contributed by atoms with Crippen LogP contribution in [0.15, 0.2) is 91.9 Å². The quantitative estimate of drug-likeness (QED) is 0.0460. The summed E-state index contributed by atoms with van der Waals surface area (Å²) in [5.41, 5.74) is 5.24. The summed E-state index contributed by atoms with van der Waals surface area (Å²) in [6, 6.07) is 21.4. The lowest BCUT2D eigenvalue weighted by Gasteiger charge is -2.30. The van der Waals surface area contributed by atoms with E-state index in [1.54, 1.807) is 18.2 Å². The second-order valence-electron chi connectivity index (χ2n) is 14.4. The van der Waals surface area contributed by atoms with Crippen LogP contribution in [0.4, 0.5) is 17.2 Å². The molecule has 328 valence electrons. The normalized spacial score (nSPS) is 14.7. The van der Waals surface area contributed by atoms with Gasteiger partial charge in [0.25, 0.3) is 11.8 Å². The number of benzene rings is 3. The van der Waals surface area contributed by atoms with Crippen molar-refractivity contribution < 1.29 is 47.7 Å². The SMILES string of the molecule is C=C1c2cccc(OCC(=O)NCCOCCOCCOCCOCCC(=O)Nc3cccc(Nc4cc(-c5c[nH]c6ccccc56)ncn4)c3)c2C(=O)N1C1CCC(=O)NC1=O. The van der Waals surface area contributed by atoms with Crippen LogP contribution in [0.2, 0.25) is 0 Å². The van der Waals surface area contributed by atoms with E-state index in [2.05, 4.69) is 42.8 Å². The summed E-state index contributed by atoms with van der Waals surface area (Å²) in [4.78, 5) is 75.7. The third kappa shape index (κ3) is 11.7. The molecule has 0 bridgehead atoms. The third-order valence-corrected chi connectivity index (χ3v) is 10.1. The van der Waals surface area contributed by atoms with Crippen molar-refractivity contribution >= 4 is 63.3 Å². The van der Waals surface area contributed by atoms with Crippen molar-refractivity contribution in [3.63, 3.8) is 0 Å². The predicted octanol–water partition coefficient (Wildman–Crippen LogP) is 4.19. The van der Waals surface area contributed by atoms with Gasteiger partial charge in [-0.3, -0.25) is 34.2 Å². The zero-order valence-electron chi connectivity index (χ0n) is 34.5. The summed E-state index contributed by atoms with van der Waals surface area (Å²) in [7, 11) is 0. The fourth-order valence-corrected chi connectivity index (χ4v) is 7.03. The molecule has 0 saturated carbocycles. The number of ether oxygens (including phenoxy) is 5. The first-order valence-corrected chi connectivity index (χ1v) is 20.5. The maximum atomic E-state index is 13.3. The molecule has 18 nitrogen and oxygen atoms in total. The lowest BCUT2D eigenvalue weighted by atomic mass is 10.0. The molecule has 3 aromatic carbocycles. The van der Waals surface area contributed by atoms with Gasteiger partial charge in [0.05, 0.1) is 70.5 Å². The summed E-state index contributed by atoms with van der Waals surface area (Å²) in [6.07, 6.45) is 3.93. The van der Waals surface area contributed by atoms with Crippen LogP contribution in [0.25, 0.3) is 27.9 Å². The topological polar surface area (TPSA) is 224 Å². The minimum absolute atomic E-state index is 0.115. The van der Waals surface area contributed by atoms with Crippen molar-refractivity contribution in [1.29, 1.82) is 0 Å². The standard InChI is InChI=1S/C45H48N8O10/c1-29-32-9-5-11-38(43(32)45(58)53(29)37-12-13-40(54)52-44(37)57)63-27-42(56)46-15-17-60-19-21-62-23-22-61-20-18-59-16-14-41(55)51-31-7-4-6-30(24-31)50-39-25-36(48-28-49-39)34-26-47-35-10-3-2-8-33(34)35/h2-11,24-26,28,37,47H,1,12-23,27H2,(H,46,56)(H,51,55)(H,48,49,50)(H,52,54,57). The van der Waals surface area contributed by atoms with Crippen LogP contribution in [-0.2, 0) is 38.1 Å². The van der Waals surface area contributed by atoms with Crippen molar-refractivity contribution in [2.75, 3.05) is 76.6 Å². The van der Waals surface area contributed by atoms with Gasteiger partial charge in [0.2, 0.25) is 17.7 Å². The van der Waals surface area contributed by atoms with Crippen molar-refractivity contribution in [3.05, 3.63) is 103 Å². The number of fused-ring (bicyclic) bond motifs is 2.